The Kier molecular flexibility index (Phi) is 8.51. The van der Waals surface area contributed by atoms with Crippen molar-refractivity contribution < 1.29 is 27.9 Å². The Morgan fingerprint density at radius 3 is 1.83 bits per heavy atom. The average molecular weight is 278 g/mol. The highest BCUT2D eigenvalue weighted by Crippen LogP contribution is 2.08. The van der Waals surface area contributed by atoms with Crippen LogP contribution in [-0.2, 0) is 14.9 Å². The van der Waals surface area contributed by atoms with Crippen molar-refractivity contribution in [1.29, 1.82) is 0 Å². The van der Waals surface area contributed by atoms with Gasteiger partial charge in [-0.3, -0.25) is 4.55 Å². The predicted octanol–water partition coefficient (Wildman–Crippen LogP) is 0.229. The highest BCUT2D eigenvalue weighted by molar-refractivity contribution is 7.85. The molecule has 0 heterocycles. The van der Waals surface area contributed by atoms with Gasteiger partial charge in [0.1, 0.15) is 0 Å². The van der Waals surface area contributed by atoms with Gasteiger partial charge in [0.2, 0.25) is 0 Å². The Balaban J connectivity index is 0.000000360. The third kappa shape index (κ3) is 8.15. The first-order valence-corrected chi connectivity index (χ1v) is 6.69. The minimum Gasteiger partial charge on any atom is -0.394 e. The van der Waals surface area contributed by atoms with Crippen LogP contribution in [0.3, 0.4) is 0 Å². The summed E-state index contributed by atoms with van der Waals surface area (Å²) in [5.74, 6) is 0. The summed E-state index contributed by atoms with van der Waals surface area (Å²) in [7, 11) is -4.02. The van der Waals surface area contributed by atoms with Crippen molar-refractivity contribution in [3.63, 3.8) is 0 Å². The molecule has 3 N–H and O–H groups in total. The monoisotopic (exact) mass is 278 g/mol. The van der Waals surface area contributed by atoms with Crippen LogP contribution in [0, 0.1) is 6.92 Å². The van der Waals surface area contributed by atoms with E-state index >= 15 is 0 Å². The molecule has 104 valence electrons. The normalized spacial score (nSPS) is 10.7. The lowest BCUT2D eigenvalue weighted by Crippen LogP contribution is -2.03. The number of aliphatic hydroxyl groups excluding tert-OH is 2. The van der Waals surface area contributed by atoms with E-state index in [4.69, 9.17) is 14.8 Å². The number of ether oxygens (including phenoxy) is 1. The molecule has 0 aromatic heterocycles. The number of hydrogen-bond acceptors (Lipinski definition) is 5. The fraction of sp³-hybridized carbons (Fsp3) is 0.455. The van der Waals surface area contributed by atoms with E-state index in [0.29, 0.717) is 13.2 Å². The average Bonchev–Trinajstić information content (AvgIpc) is 2.30. The van der Waals surface area contributed by atoms with Crippen LogP contribution < -0.4 is 0 Å². The lowest BCUT2D eigenvalue weighted by Gasteiger charge is -1.95. The fourth-order valence-electron chi connectivity index (χ4n) is 0.941. The number of benzene rings is 1. The molecule has 0 fully saturated rings. The van der Waals surface area contributed by atoms with Crippen molar-refractivity contribution in [2.75, 3.05) is 26.4 Å². The Morgan fingerprint density at radius 1 is 1.06 bits per heavy atom. The van der Waals surface area contributed by atoms with E-state index < -0.39 is 10.1 Å². The zero-order valence-corrected chi connectivity index (χ0v) is 10.9. The molecule has 0 bridgehead atoms. The first-order valence-electron chi connectivity index (χ1n) is 5.25. The molecule has 0 aliphatic heterocycles. The maximum atomic E-state index is 10.5. The molecular formula is C11H18O6S. The van der Waals surface area contributed by atoms with Gasteiger partial charge in [0, 0.05) is 0 Å². The Hall–Kier alpha value is -0.990. The largest absolute Gasteiger partial charge is 0.394 e. The van der Waals surface area contributed by atoms with E-state index in [1.54, 1.807) is 12.1 Å². The van der Waals surface area contributed by atoms with Crippen LogP contribution >= 0.6 is 0 Å². The van der Waals surface area contributed by atoms with E-state index in [1.807, 2.05) is 6.92 Å². The van der Waals surface area contributed by atoms with Gasteiger partial charge in [0.25, 0.3) is 10.1 Å². The van der Waals surface area contributed by atoms with Gasteiger partial charge in [-0.25, -0.2) is 0 Å². The molecule has 0 atom stereocenters. The molecule has 0 unspecified atom stereocenters. The summed E-state index contributed by atoms with van der Waals surface area (Å²) >= 11 is 0. The van der Waals surface area contributed by atoms with Gasteiger partial charge in [-0.05, 0) is 19.1 Å². The molecule has 1 aromatic rings. The van der Waals surface area contributed by atoms with E-state index in [0.717, 1.165) is 5.56 Å². The molecule has 0 saturated carbocycles. The highest BCUT2D eigenvalue weighted by Gasteiger charge is 2.06. The Bertz CT molecular complexity index is 408. The molecule has 1 rings (SSSR count). The van der Waals surface area contributed by atoms with E-state index in [9.17, 15) is 8.42 Å². The summed E-state index contributed by atoms with van der Waals surface area (Å²) in [6.45, 7) is 2.54. The van der Waals surface area contributed by atoms with Gasteiger partial charge >= 0.3 is 0 Å². The molecule has 7 heteroatoms. The zero-order valence-electron chi connectivity index (χ0n) is 10.1. The summed E-state index contributed by atoms with van der Waals surface area (Å²) < 4.78 is 34.2. The van der Waals surface area contributed by atoms with Crippen molar-refractivity contribution in [3.8, 4) is 0 Å². The van der Waals surface area contributed by atoms with Crippen LogP contribution in [0.2, 0.25) is 0 Å². The number of hydrogen-bond donors (Lipinski definition) is 3. The predicted molar refractivity (Wildman–Crippen MR) is 66.0 cm³/mol. The Morgan fingerprint density at radius 2 is 1.50 bits per heavy atom. The van der Waals surface area contributed by atoms with Crippen LogP contribution in [-0.4, -0.2) is 49.6 Å². The van der Waals surface area contributed by atoms with Gasteiger partial charge < -0.3 is 14.9 Å². The lowest BCUT2D eigenvalue weighted by molar-refractivity contribution is 0.0650. The van der Waals surface area contributed by atoms with Crippen molar-refractivity contribution in [2.45, 2.75) is 11.8 Å². The van der Waals surface area contributed by atoms with Crippen LogP contribution in [0.4, 0.5) is 0 Å². The van der Waals surface area contributed by atoms with E-state index in [2.05, 4.69) is 4.74 Å². The first kappa shape index (κ1) is 17.0. The molecule has 0 amide bonds. The minimum atomic E-state index is -4.02. The molecule has 0 radical (unpaired) electrons. The van der Waals surface area contributed by atoms with Crippen LogP contribution in [0.5, 0.6) is 0 Å². The zero-order chi connectivity index (χ0) is 14.0. The van der Waals surface area contributed by atoms with Gasteiger partial charge in [-0.15, -0.1) is 0 Å². The Labute approximate surface area is 107 Å². The smallest absolute Gasteiger partial charge is 0.294 e. The number of rotatable bonds is 5. The standard InChI is InChI=1S/C7H8O3S.C4H10O3/c1-6-2-4-7(5-3-6)11(8,9)10;5-1-3-7-4-2-6/h2-5H,1H3,(H,8,9,10);5-6H,1-4H2. The number of aliphatic hydroxyl groups is 2. The maximum Gasteiger partial charge on any atom is 0.294 e. The second kappa shape index (κ2) is 9.01. The van der Waals surface area contributed by atoms with Crippen molar-refractivity contribution in [2.24, 2.45) is 0 Å². The third-order valence-electron chi connectivity index (χ3n) is 1.79. The molecule has 0 aliphatic carbocycles. The van der Waals surface area contributed by atoms with Gasteiger partial charge in [-0.2, -0.15) is 8.42 Å². The van der Waals surface area contributed by atoms with Gasteiger partial charge in [-0.1, -0.05) is 17.7 Å². The minimum absolute atomic E-state index is 0.0278. The van der Waals surface area contributed by atoms with E-state index in [1.165, 1.54) is 12.1 Å². The lowest BCUT2D eigenvalue weighted by atomic mass is 10.2. The summed E-state index contributed by atoms with van der Waals surface area (Å²) in [5.41, 5.74) is 0.956. The molecule has 1 aromatic carbocycles. The summed E-state index contributed by atoms with van der Waals surface area (Å²) in [4.78, 5) is -0.0666. The fourth-order valence-corrected chi connectivity index (χ4v) is 1.42. The molecule has 18 heavy (non-hydrogen) atoms. The molecule has 0 saturated heterocycles. The maximum absolute atomic E-state index is 10.5. The molecule has 0 spiro atoms. The van der Waals surface area contributed by atoms with Crippen LogP contribution in [0.15, 0.2) is 29.2 Å². The molecule has 0 aliphatic rings. The second-order valence-corrected chi connectivity index (χ2v) is 4.77. The highest BCUT2D eigenvalue weighted by atomic mass is 32.2. The number of aryl methyl sites for hydroxylation is 1. The van der Waals surface area contributed by atoms with Gasteiger partial charge in [0.15, 0.2) is 0 Å². The quantitative estimate of drug-likeness (QED) is 0.526. The first-order chi connectivity index (χ1) is 8.41. The summed E-state index contributed by atoms with van der Waals surface area (Å²) in [5, 5.41) is 16.2. The topological polar surface area (TPSA) is 104 Å². The molecular weight excluding hydrogens is 260 g/mol. The summed E-state index contributed by atoms with van der Waals surface area (Å²) in [6, 6.07) is 5.99. The van der Waals surface area contributed by atoms with Gasteiger partial charge in [0.05, 0.1) is 31.3 Å². The van der Waals surface area contributed by atoms with Crippen molar-refractivity contribution in [3.05, 3.63) is 29.8 Å². The third-order valence-corrected chi connectivity index (χ3v) is 2.66. The summed E-state index contributed by atoms with van der Waals surface area (Å²) in [6.07, 6.45) is 0. The van der Waals surface area contributed by atoms with Crippen LogP contribution in [0.1, 0.15) is 5.56 Å². The van der Waals surface area contributed by atoms with E-state index in [-0.39, 0.29) is 18.1 Å². The SMILES string of the molecule is Cc1ccc(S(=O)(=O)O)cc1.OCCOCCO. The van der Waals surface area contributed by atoms with Crippen molar-refractivity contribution in [1.82, 2.24) is 0 Å². The molecule has 6 nitrogen and oxygen atoms in total. The van der Waals surface area contributed by atoms with Crippen molar-refractivity contribution >= 4 is 10.1 Å². The van der Waals surface area contributed by atoms with Crippen LogP contribution in [0.25, 0.3) is 0 Å². The second-order valence-electron chi connectivity index (χ2n) is 3.35.